The fourth-order valence-electron chi connectivity index (χ4n) is 10.4. The second-order valence-corrected chi connectivity index (χ2v) is 24.4. The van der Waals surface area contributed by atoms with Crippen LogP contribution >= 0.6 is 15.9 Å². The molecule has 4 heterocycles. The predicted molar refractivity (Wildman–Crippen MR) is 384 cm³/mol. The van der Waals surface area contributed by atoms with Gasteiger partial charge in [0.25, 0.3) is 0 Å². The van der Waals surface area contributed by atoms with E-state index in [0.29, 0.717) is 25.0 Å². The summed E-state index contributed by atoms with van der Waals surface area (Å²) < 4.78 is 35.8. The molecule has 15 heteroatoms. The topological polar surface area (TPSA) is 107 Å². The Labute approximate surface area is 577 Å². The van der Waals surface area contributed by atoms with Gasteiger partial charge in [0.2, 0.25) is 0 Å². The molecule has 0 saturated carbocycles. The van der Waals surface area contributed by atoms with Gasteiger partial charge in [-0.05, 0) is 175 Å². The van der Waals surface area contributed by atoms with Gasteiger partial charge in [-0.15, -0.1) is 0 Å². The number of pyridine rings is 4. The molecule has 8 aromatic carbocycles. The summed E-state index contributed by atoms with van der Waals surface area (Å²) in [7, 11) is 0. The highest BCUT2D eigenvalue weighted by molar-refractivity contribution is 9.10. The van der Waals surface area contributed by atoms with Crippen molar-refractivity contribution in [3.8, 4) is 90.7 Å². The van der Waals surface area contributed by atoms with Crippen molar-refractivity contribution in [1.29, 1.82) is 0 Å². The largest absolute Gasteiger partial charge is 0.650 e. The minimum Gasteiger partial charge on any atom is -0.650 e. The van der Waals surface area contributed by atoms with Gasteiger partial charge in [0.1, 0.15) is 0 Å². The molecule has 0 spiro atoms. The Kier molecular flexibility index (Phi) is 24.8. The molecule has 452 valence electrons. The number of hydrogen-bond acceptors (Lipinski definition) is 10. The molecular formula is C76H73Al4BrN4O6. The van der Waals surface area contributed by atoms with Crippen LogP contribution < -0.4 is 24.6 Å². The van der Waals surface area contributed by atoms with Gasteiger partial charge < -0.3 is 24.6 Å². The van der Waals surface area contributed by atoms with Crippen molar-refractivity contribution in [1.82, 2.24) is 19.9 Å². The summed E-state index contributed by atoms with van der Waals surface area (Å²) in [5, 5.41) is 7.10. The Hall–Kier alpha value is -7.45. The molecule has 0 aliphatic heterocycles. The average molecular weight is 1330 g/mol. The third kappa shape index (κ3) is 17.4. The molecule has 2 atom stereocenters. The third-order valence-corrected chi connectivity index (χ3v) is 17.4. The van der Waals surface area contributed by atoms with Crippen LogP contribution in [-0.2, 0) is 0 Å². The van der Waals surface area contributed by atoms with Crippen LogP contribution in [0.3, 0.4) is 0 Å². The summed E-state index contributed by atoms with van der Waals surface area (Å²) in [6.45, 7) is 18.1. The number of nitrogens with zero attached hydrogens (tertiary/aromatic N) is 4. The van der Waals surface area contributed by atoms with Crippen molar-refractivity contribution in [2.24, 2.45) is 11.8 Å². The van der Waals surface area contributed by atoms with Crippen molar-refractivity contribution >= 4 is 115 Å². The van der Waals surface area contributed by atoms with Gasteiger partial charge >= 0.3 is 66.5 Å². The first kappa shape index (κ1) is 67.9. The quantitative estimate of drug-likeness (QED) is 0.0646. The highest BCUT2D eigenvalue weighted by atomic mass is 79.9. The van der Waals surface area contributed by atoms with Crippen LogP contribution in [0.5, 0.6) is 34.5 Å². The Morgan fingerprint density at radius 1 is 0.363 bits per heavy atom. The van der Waals surface area contributed by atoms with E-state index < -0.39 is 0 Å². The van der Waals surface area contributed by atoms with E-state index in [4.69, 9.17) is 34.6 Å². The third-order valence-electron chi connectivity index (χ3n) is 15.6. The van der Waals surface area contributed by atoms with Crippen LogP contribution in [-0.4, -0.2) is 99.6 Å². The zero-order valence-corrected chi connectivity index (χ0v) is 60.4. The lowest BCUT2D eigenvalue weighted by Gasteiger charge is -2.18. The molecule has 0 aliphatic rings. The van der Waals surface area contributed by atoms with Gasteiger partial charge in [-0.25, -0.2) is 0 Å². The lowest BCUT2D eigenvalue weighted by Crippen LogP contribution is -2.11. The molecule has 0 N–H and O–H groups in total. The second-order valence-electron chi connectivity index (χ2n) is 22.4. The summed E-state index contributed by atoms with van der Waals surface area (Å²) in [6, 6.07) is 71.8. The summed E-state index contributed by atoms with van der Waals surface area (Å²) in [5.41, 5.74) is 14.0. The summed E-state index contributed by atoms with van der Waals surface area (Å²) in [4.78, 5) is 18.6. The lowest BCUT2D eigenvalue weighted by atomic mass is 9.94. The number of fused-ring (bicyclic) bond motifs is 4. The first-order valence-electron chi connectivity index (χ1n) is 30.5. The van der Waals surface area contributed by atoms with Crippen molar-refractivity contribution in [3.05, 3.63) is 240 Å². The summed E-state index contributed by atoms with van der Waals surface area (Å²) >= 11 is 9.42. The predicted octanol–water partition coefficient (Wildman–Crippen LogP) is 17.7. The number of benzene rings is 8. The number of aryl methyl sites for hydroxylation is 4. The van der Waals surface area contributed by atoms with E-state index in [1.165, 1.54) is 93.4 Å². The molecule has 91 heavy (non-hydrogen) atoms. The monoisotopic (exact) mass is 1320 g/mol. The molecule has 10 nitrogen and oxygen atoms in total. The maximum Gasteiger partial charge on any atom is 0.494 e. The molecule has 0 saturated heterocycles. The normalized spacial score (nSPS) is 11.4. The van der Waals surface area contributed by atoms with Gasteiger partial charge in [0, 0.05) is 54.9 Å². The molecule has 4 aromatic heterocycles. The van der Waals surface area contributed by atoms with Crippen LogP contribution in [0.4, 0.5) is 0 Å². The molecule has 0 aliphatic carbocycles. The standard InChI is InChI=1S/C28H35NO3.C20H15NO.C16H13NO.C12H10BrNO.4Al.4H/c1-6-19(3)17-31-27-14-12-23(16-28(27)32-18-20(4)7-2)22-11-13-26(30)24(15-22)25-10-8-9-21(5)29-25;1-13-7-6-12-18(21-13)19-16-10-4-2-8-14(16)15-9-3-5-11-17(15)20(19)22;1-11-5-4-8-14(17-11)16-13-7-3-2-6-12(13)9-10-15(16)18;1-8-3-2-4-11(14-8)10-7-9(13)5-6-12(10)15;;;;;;;;/h8-16,19-20,30H,6-7,17-18H2,1-5H3;2-12,22H,1H3;2-10,18H,1H3;2-7,15H,1H3;;;;;;;;/q;;;;4*+1;;;;/p-4. The Bertz CT molecular complexity index is 4440. The van der Waals surface area contributed by atoms with E-state index in [1.54, 1.807) is 0 Å². The maximum atomic E-state index is 6.23. The molecule has 0 bridgehead atoms. The number of hydrogen-bond donors (Lipinski definition) is 0. The molecule has 0 amide bonds. The molecule has 0 fully saturated rings. The van der Waals surface area contributed by atoms with Crippen molar-refractivity contribution < 1.29 is 24.6 Å². The first-order valence-corrected chi connectivity index (χ1v) is 33.6. The van der Waals surface area contributed by atoms with Crippen LogP contribution in [0.2, 0.25) is 0 Å². The van der Waals surface area contributed by atoms with Gasteiger partial charge in [-0.1, -0.05) is 172 Å². The maximum absolute atomic E-state index is 6.23. The summed E-state index contributed by atoms with van der Waals surface area (Å²) in [6.07, 6.45) is 2.16. The van der Waals surface area contributed by atoms with Crippen LogP contribution in [0.25, 0.3) is 88.5 Å². The Balaban J connectivity index is 0.000000149. The SMILES string of the molecule is CCC(C)COc1ccc(-c2ccc([O][AlH])c(-c3cccc(C)n3)c2)cc1OCC(C)CC.Cc1cccc(-c2c([O][AlH])c3ccccc3c3ccccc23)n1.Cc1cccc(-c2c([O][AlH])ccc3ccccc23)n1.Cc1cccc(-c2cc(Br)ccc2[O][AlH])n1. The van der Waals surface area contributed by atoms with Crippen molar-refractivity contribution in [2.75, 3.05) is 13.2 Å². The number of ether oxygens (including phenoxy) is 2. The second kappa shape index (κ2) is 33.2. The molecule has 12 aromatic rings. The fraction of sp³-hybridized carbons (Fsp3) is 0.184. The highest BCUT2D eigenvalue weighted by Crippen LogP contribution is 2.44. The molecule has 12 rings (SSSR count). The first-order chi connectivity index (χ1) is 44.2. The van der Waals surface area contributed by atoms with Gasteiger partial charge in [-0.2, -0.15) is 0 Å². The zero-order valence-electron chi connectivity index (χ0n) is 53.1. The smallest absolute Gasteiger partial charge is 0.494 e. The zero-order chi connectivity index (χ0) is 64.4. The van der Waals surface area contributed by atoms with Crippen molar-refractivity contribution in [2.45, 2.75) is 68.2 Å². The molecule has 4 radical (unpaired) electrons. The van der Waals surface area contributed by atoms with E-state index in [-0.39, 0.29) is 0 Å². The van der Waals surface area contributed by atoms with Gasteiger partial charge in [0.05, 0.1) is 59.0 Å². The van der Waals surface area contributed by atoms with Crippen molar-refractivity contribution in [3.63, 3.8) is 0 Å². The number of rotatable bonds is 17. The lowest BCUT2D eigenvalue weighted by molar-refractivity contribution is 0.218. The fourth-order valence-corrected chi connectivity index (χ4v) is 11.8. The van der Waals surface area contributed by atoms with Crippen LogP contribution in [0, 0.1) is 39.5 Å². The Morgan fingerprint density at radius 2 is 0.780 bits per heavy atom. The van der Waals surface area contributed by atoms with Crippen LogP contribution in [0.15, 0.2) is 217 Å². The minimum atomic E-state index is 0.483. The number of aromatic nitrogens is 4. The van der Waals surface area contributed by atoms with E-state index in [2.05, 4.69) is 151 Å². The average Bonchev–Trinajstić information content (AvgIpc) is 0.770. The molecule has 2 unspecified atom stereocenters. The van der Waals surface area contributed by atoms with E-state index in [9.17, 15) is 0 Å². The van der Waals surface area contributed by atoms with Gasteiger partial charge in [-0.3, -0.25) is 19.9 Å². The Morgan fingerprint density at radius 3 is 1.31 bits per heavy atom. The molecular weight excluding hydrogens is 1250 g/mol. The van der Waals surface area contributed by atoms with E-state index in [0.717, 1.165) is 136 Å². The van der Waals surface area contributed by atoms with Crippen LogP contribution in [0.1, 0.15) is 63.3 Å². The summed E-state index contributed by atoms with van der Waals surface area (Å²) in [5.74, 6) is 6.01. The van der Waals surface area contributed by atoms with E-state index in [1.807, 2.05) is 143 Å². The highest BCUT2D eigenvalue weighted by Gasteiger charge is 2.18. The van der Waals surface area contributed by atoms with E-state index >= 15 is 0 Å². The minimum absolute atomic E-state index is 0.483. The number of halogens is 1. The van der Waals surface area contributed by atoms with Gasteiger partial charge in [0.15, 0.2) is 11.5 Å².